The molecule has 2 heterocycles. The van der Waals surface area contributed by atoms with E-state index in [2.05, 4.69) is 21.7 Å². The molecule has 0 spiro atoms. The summed E-state index contributed by atoms with van der Waals surface area (Å²) in [5.74, 6) is 1.00. The molecular formula is C19H24N2O4S. The van der Waals surface area contributed by atoms with E-state index in [9.17, 15) is 4.79 Å². The van der Waals surface area contributed by atoms with E-state index < -0.39 is 0 Å². The molecule has 140 valence electrons. The predicted octanol–water partition coefficient (Wildman–Crippen LogP) is 2.57. The summed E-state index contributed by atoms with van der Waals surface area (Å²) in [6.45, 7) is 3.72. The second-order valence-corrected chi connectivity index (χ2v) is 6.94. The van der Waals surface area contributed by atoms with Crippen molar-refractivity contribution in [2.45, 2.75) is 6.04 Å². The van der Waals surface area contributed by atoms with Crippen LogP contribution in [-0.4, -0.2) is 57.9 Å². The normalized spacial score (nSPS) is 16.1. The van der Waals surface area contributed by atoms with Crippen LogP contribution >= 0.6 is 11.3 Å². The highest BCUT2D eigenvalue weighted by atomic mass is 32.1. The largest absolute Gasteiger partial charge is 0.497 e. The SMILES string of the molecule is COc1ccc(C(=O)NCC(c2cccs2)N2CCOCC2)c(OC)c1. The minimum atomic E-state index is -0.153. The number of morpholine rings is 1. The number of carbonyl (C=O) groups is 1. The van der Waals surface area contributed by atoms with Gasteiger partial charge in [0.2, 0.25) is 0 Å². The fraction of sp³-hybridized carbons (Fsp3) is 0.421. The predicted molar refractivity (Wildman–Crippen MR) is 101 cm³/mol. The van der Waals surface area contributed by atoms with E-state index in [1.807, 2.05) is 6.07 Å². The Bertz CT molecular complexity index is 714. The third kappa shape index (κ3) is 4.35. The van der Waals surface area contributed by atoms with Crippen LogP contribution in [0.25, 0.3) is 0 Å². The van der Waals surface area contributed by atoms with E-state index >= 15 is 0 Å². The molecule has 26 heavy (non-hydrogen) atoms. The molecule has 1 saturated heterocycles. The minimum absolute atomic E-state index is 0.145. The highest BCUT2D eigenvalue weighted by Crippen LogP contribution is 2.27. The maximum atomic E-state index is 12.7. The van der Waals surface area contributed by atoms with Gasteiger partial charge in [-0.15, -0.1) is 11.3 Å². The van der Waals surface area contributed by atoms with Crippen LogP contribution in [0.3, 0.4) is 0 Å². The molecule has 7 heteroatoms. The van der Waals surface area contributed by atoms with Gasteiger partial charge in [0.25, 0.3) is 5.91 Å². The number of hydrogen-bond donors (Lipinski definition) is 1. The van der Waals surface area contributed by atoms with Gasteiger partial charge in [-0.25, -0.2) is 0 Å². The molecule has 0 radical (unpaired) electrons. The summed E-state index contributed by atoms with van der Waals surface area (Å²) in [7, 11) is 3.14. The van der Waals surface area contributed by atoms with Crippen LogP contribution in [0.15, 0.2) is 35.7 Å². The first-order valence-electron chi connectivity index (χ1n) is 8.58. The average Bonchev–Trinajstić information content (AvgIpc) is 3.22. The zero-order valence-electron chi connectivity index (χ0n) is 15.1. The lowest BCUT2D eigenvalue weighted by Gasteiger charge is -2.34. The molecule has 1 aromatic heterocycles. The van der Waals surface area contributed by atoms with Gasteiger partial charge in [0, 0.05) is 30.6 Å². The van der Waals surface area contributed by atoms with E-state index in [0.29, 0.717) is 23.6 Å². The van der Waals surface area contributed by atoms with Crippen LogP contribution in [-0.2, 0) is 4.74 Å². The number of benzene rings is 1. The third-order valence-electron chi connectivity index (χ3n) is 4.47. The summed E-state index contributed by atoms with van der Waals surface area (Å²) in [6.07, 6.45) is 0. The first kappa shape index (κ1) is 18.7. The summed E-state index contributed by atoms with van der Waals surface area (Å²) in [5, 5.41) is 5.13. The number of rotatable bonds is 7. The molecule has 1 amide bonds. The van der Waals surface area contributed by atoms with Crippen molar-refractivity contribution in [1.82, 2.24) is 10.2 Å². The number of nitrogens with one attached hydrogen (secondary N) is 1. The fourth-order valence-electron chi connectivity index (χ4n) is 3.05. The van der Waals surface area contributed by atoms with Gasteiger partial charge in [-0.3, -0.25) is 9.69 Å². The Labute approximate surface area is 157 Å². The Balaban J connectivity index is 1.71. The zero-order valence-corrected chi connectivity index (χ0v) is 15.9. The molecule has 6 nitrogen and oxygen atoms in total. The second kappa shape index (κ2) is 9.02. The second-order valence-electron chi connectivity index (χ2n) is 5.96. The fourth-order valence-corrected chi connectivity index (χ4v) is 3.91. The van der Waals surface area contributed by atoms with Crippen LogP contribution in [0.2, 0.25) is 0 Å². The molecule has 0 bridgehead atoms. The Morgan fingerprint density at radius 2 is 2.08 bits per heavy atom. The summed E-state index contributed by atoms with van der Waals surface area (Å²) in [6, 6.07) is 9.50. The number of ether oxygens (including phenoxy) is 3. The van der Waals surface area contributed by atoms with E-state index in [4.69, 9.17) is 14.2 Å². The van der Waals surface area contributed by atoms with Crippen molar-refractivity contribution in [1.29, 1.82) is 0 Å². The van der Waals surface area contributed by atoms with Crippen LogP contribution in [0, 0.1) is 0 Å². The van der Waals surface area contributed by atoms with E-state index in [1.54, 1.807) is 43.8 Å². The standard InChI is InChI=1S/C19H24N2O4S/c1-23-14-5-6-15(17(12-14)24-2)19(22)20-13-16(18-4-3-11-26-18)21-7-9-25-10-8-21/h3-6,11-12,16H,7-10,13H2,1-2H3,(H,20,22). The van der Waals surface area contributed by atoms with Gasteiger partial charge in [-0.2, -0.15) is 0 Å². The van der Waals surface area contributed by atoms with Crippen LogP contribution < -0.4 is 14.8 Å². The quantitative estimate of drug-likeness (QED) is 0.805. The Morgan fingerprint density at radius 3 is 2.73 bits per heavy atom. The topological polar surface area (TPSA) is 60.0 Å². The van der Waals surface area contributed by atoms with Gasteiger partial charge >= 0.3 is 0 Å². The monoisotopic (exact) mass is 376 g/mol. The number of amides is 1. The number of hydrogen-bond acceptors (Lipinski definition) is 6. The smallest absolute Gasteiger partial charge is 0.255 e. The molecule has 1 aromatic carbocycles. The van der Waals surface area contributed by atoms with Crippen molar-refractivity contribution in [3.8, 4) is 11.5 Å². The number of carbonyl (C=O) groups excluding carboxylic acids is 1. The van der Waals surface area contributed by atoms with Crippen LogP contribution in [0.1, 0.15) is 21.3 Å². The van der Waals surface area contributed by atoms with Gasteiger partial charge in [0.15, 0.2) is 0 Å². The molecule has 3 rings (SSSR count). The maximum absolute atomic E-state index is 12.7. The van der Waals surface area contributed by atoms with Crippen molar-refractivity contribution in [2.24, 2.45) is 0 Å². The molecule has 1 atom stereocenters. The van der Waals surface area contributed by atoms with Gasteiger partial charge in [-0.1, -0.05) is 6.07 Å². The molecule has 1 unspecified atom stereocenters. The summed E-state index contributed by atoms with van der Waals surface area (Å²) < 4.78 is 16.0. The van der Waals surface area contributed by atoms with Crippen molar-refractivity contribution in [3.05, 3.63) is 46.2 Å². The number of nitrogens with zero attached hydrogens (tertiary/aromatic N) is 1. The lowest BCUT2D eigenvalue weighted by molar-refractivity contribution is 0.0169. The molecule has 1 N–H and O–H groups in total. The van der Waals surface area contributed by atoms with Crippen molar-refractivity contribution in [3.63, 3.8) is 0 Å². The van der Waals surface area contributed by atoms with Crippen molar-refractivity contribution in [2.75, 3.05) is 47.1 Å². The Hall–Kier alpha value is -2.09. The number of methoxy groups -OCH3 is 2. The van der Waals surface area contributed by atoms with Gasteiger partial charge in [-0.05, 0) is 23.6 Å². The molecule has 2 aromatic rings. The number of thiophene rings is 1. The lowest BCUT2D eigenvalue weighted by atomic mass is 10.1. The Morgan fingerprint density at radius 1 is 1.27 bits per heavy atom. The minimum Gasteiger partial charge on any atom is -0.497 e. The third-order valence-corrected chi connectivity index (χ3v) is 5.44. The van der Waals surface area contributed by atoms with Crippen LogP contribution in [0.4, 0.5) is 0 Å². The maximum Gasteiger partial charge on any atom is 0.255 e. The Kier molecular flexibility index (Phi) is 6.49. The van der Waals surface area contributed by atoms with Gasteiger partial charge in [0.05, 0.1) is 39.0 Å². The van der Waals surface area contributed by atoms with Crippen LogP contribution in [0.5, 0.6) is 11.5 Å². The van der Waals surface area contributed by atoms with E-state index in [1.165, 1.54) is 4.88 Å². The average molecular weight is 376 g/mol. The molecule has 1 fully saturated rings. The lowest BCUT2D eigenvalue weighted by Crippen LogP contribution is -2.43. The molecule has 0 saturated carbocycles. The van der Waals surface area contributed by atoms with Gasteiger partial charge < -0.3 is 19.5 Å². The van der Waals surface area contributed by atoms with Crippen molar-refractivity contribution < 1.29 is 19.0 Å². The summed E-state index contributed by atoms with van der Waals surface area (Å²) in [5.41, 5.74) is 0.500. The molecule has 0 aliphatic carbocycles. The molecule has 1 aliphatic rings. The first-order chi connectivity index (χ1) is 12.7. The zero-order chi connectivity index (χ0) is 18.4. The highest BCUT2D eigenvalue weighted by molar-refractivity contribution is 7.10. The highest BCUT2D eigenvalue weighted by Gasteiger charge is 2.24. The first-order valence-corrected chi connectivity index (χ1v) is 9.46. The summed E-state index contributed by atoms with van der Waals surface area (Å²) in [4.78, 5) is 16.3. The summed E-state index contributed by atoms with van der Waals surface area (Å²) >= 11 is 1.71. The molecular weight excluding hydrogens is 352 g/mol. The van der Waals surface area contributed by atoms with E-state index in [0.717, 1.165) is 26.3 Å². The van der Waals surface area contributed by atoms with E-state index in [-0.39, 0.29) is 11.9 Å². The van der Waals surface area contributed by atoms with Gasteiger partial charge in [0.1, 0.15) is 11.5 Å². The van der Waals surface area contributed by atoms with Crippen molar-refractivity contribution >= 4 is 17.2 Å². The molecule has 1 aliphatic heterocycles.